The molecule has 22 heavy (non-hydrogen) atoms. The Balaban J connectivity index is 1.84. The molecular weight excluding hydrogens is 268 g/mol. The van der Waals surface area contributed by atoms with Crippen molar-refractivity contribution in [1.82, 2.24) is 9.97 Å². The van der Waals surface area contributed by atoms with Crippen molar-refractivity contribution < 1.29 is 0 Å². The summed E-state index contributed by atoms with van der Waals surface area (Å²) in [6, 6.07) is 17.0. The maximum Gasteiger partial charge on any atom is 0.159 e. The van der Waals surface area contributed by atoms with Gasteiger partial charge in [-0.2, -0.15) is 0 Å². The van der Waals surface area contributed by atoms with Crippen LogP contribution in [0.1, 0.15) is 25.0 Å². The van der Waals surface area contributed by atoms with E-state index in [-0.39, 0.29) is 0 Å². The van der Waals surface area contributed by atoms with Gasteiger partial charge in [0, 0.05) is 23.5 Å². The molecule has 0 saturated carbocycles. The van der Waals surface area contributed by atoms with Crippen molar-refractivity contribution in [3.63, 3.8) is 0 Å². The van der Waals surface area contributed by atoms with Crippen LogP contribution < -0.4 is 0 Å². The standard InChI is InChI=1S/C20H20N2/c1-3-15-5-9-17(10-6-15)19-13-21-20(22-14-19)18-11-7-16(4-2)8-12-18/h5-14H,3-4H2,1-2H3. The molecule has 0 fully saturated rings. The lowest BCUT2D eigenvalue weighted by Crippen LogP contribution is -1.90. The molecule has 0 aliphatic rings. The smallest absolute Gasteiger partial charge is 0.159 e. The molecule has 110 valence electrons. The van der Waals surface area contributed by atoms with E-state index in [0.29, 0.717) is 0 Å². The molecule has 2 heteroatoms. The monoisotopic (exact) mass is 288 g/mol. The minimum Gasteiger partial charge on any atom is -0.236 e. The third-order valence-electron chi connectivity index (χ3n) is 3.97. The fraction of sp³-hybridized carbons (Fsp3) is 0.200. The highest BCUT2D eigenvalue weighted by atomic mass is 14.9. The molecule has 0 radical (unpaired) electrons. The number of nitrogens with zero attached hydrogens (tertiary/aromatic N) is 2. The third kappa shape index (κ3) is 3.06. The Kier molecular flexibility index (Phi) is 4.29. The number of rotatable bonds is 4. The van der Waals surface area contributed by atoms with Gasteiger partial charge in [0.05, 0.1) is 0 Å². The Morgan fingerprint density at radius 3 is 1.50 bits per heavy atom. The minimum absolute atomic E-state index is 0.775. The number of hydrogen-bond acceptors (Lipinski definition) is 2. The van der Waals surface area contributed by atoms with Gasteiger partial charge in [-0.25, -0.2) is 9.97 Å². The second-order valence-corrected chi connectivity index (χ2v) is 5.40. The second-order valence-electron chi connectivity index (χ2n) is 5.40. The highest BCUT2D eigenvalue weighted by molar-refractivity contribution is 5.64. The van der Waals surface area contributed by atoms with Gasteiger partial charge in [0.2, 0.25) is 0 Å². The van der Waals surface area contributed by atoms with Crippen LogP contribution in [0.2, 0.25) is 0 Å². The fourth-order valence-corrected chi connectivity index (χ4v) is 2.45. The molecule has 2 aromatic carbocycles. The zero-order valence-corrected chi connectivity index (χ0v) is 13.1. The minimum atomic E-state index is 0.775. The summed E-state index contributed by atoms with van der Waals surface area (Å²) in [4.78, 5) is 9.02. The Labute approximate surface area is 131 Å². The maximum atomic E-state index is 4.51. The second kappa shape index (κ2) is 6.52. The van der Waals surface area contributed by atoms with E-state index in [1.165, 1.54) is 11.1 Å². The molecule has 0 spiro atoms. The van der Waals surface area contributed by atoms with Crippen LogP contribution >= 0.6 is 0 Å². The summed E-state index contributed by atoms with van der Waals surface area (Å²) in [7, 11) is 0. The van der Waals surface area contributed by atoms with Gasteiger partial charge in [0.25, 0.3) is 0 Å². The van der Waals surface area contributed by atoms with Crippen LogP contribution in [0, 0.1) is 0 Å². The first-order valence-corrected chi connectivity index (χ1v) is 7.81. The summed E-state index contributed by atoms with van der Waals surface area (Å²) in [6.45, 7) is 4.32. The highest BCUT2D eigenvalue weighted by Gasteiger charge is 2.03. The normalized spacial score (nSPS) is 10.6. The van der Waals surface area contributed by atoms with Crippen molar-refractivity contribution in [2.24, 2.45) is 0 Å². The van der Waals surface area contributed by atoms with Crippen molar-refractivity contribution in [2.75, 3.05) is 0 Å². The van der Waals surface area contributed by atoms with E-state index in [4.69, 9.17) is 0 Å². The largest absolute Gasteiger partial charge is 0.236 e. The number of aromatic nitrogens is 2. The van der Waals surface area contributed by atoms with Crippen LogP contribution in [-0.2, 0) is 12.8 Å². The van der Waals surface area contributed by atoms with Crippen molar-refractivity contribution in [1.29, 1.82) is 0 Å². The Hall–Kier alpha value is -2.48. The summed E-state index contributed by atoms with van der Waals surface area (Å²) >= 11 is 0. The summed E-state index contributed by atoms with van der Waals surface area (Å²) in [5.74, 6) is 0.775. The average molecular weight is 288 g/mol. The Morgan fingerprint density at radius 2 is 1.05 bits per heavy atom. The molecule has 0 bridgehead atoms. The molecule has 1 heterocycles. The predicted molar refractivity (Wildman–Crippen MR) is 91.7 cm³/mol. The molecule has 0 saturated heterocycles. The van der Waals surface area contributed by atoms with Gasteiger partial charge in [-0.3, -0.25) is 0 Å². The predicted octanol–water partition coefficient (Wildman–Crippen LogP) is 4.94. The van der Waals surface area contributed by atoms with Crippen LogP contribution in [0.15, 0.2) is 60.9 Å². The molecular formula is C20H20N2. The molecule has 0 amide bonds. The van der Waals surface area contributed by atoms with Crippen LogP contribution in [0.5, 0.6) is 0 Å². The zero-order chi connectivity index (χ0) is 15.4. The van der Waals surface area contributed by atoms with Crippen LogP contribution in [0.25, 0.3) is 22.5 Å². The van der Waals surface area contributed by atoms with E-state index < -0.39 is 0 Å². The lowest BCUT2D eigenvalue weighted by atomic mass is 10.1. The Morgan fingerprint density at radius 1 is 0.591 bits per heavy atom. The maximum absolute atomic E-state index is 4.51. The number of hydrogen-bond donors (Lipinski definition) is 0. The third-order valence-corrected chi connectivity index (χ3v) is 3.97. The Bertz CT molecular complexity index is 660. The average Bonchev–Trinajstić information content (AvgIpc) is 2.62. The molecule has 3 aromatic rings. The SMILES string of the molecule is CCc1ccc(-c2cnc(-c3ccc(CC)cc3)nc2)cc1. The lowest BCUT2D eigenvalue weighted by Gasteiger charge is -2.05. The molecule has 0 aliphatic carbocycles. The van der Waals surface area contributed by atoms with Crippen molar-refractivity contribution in [3.8, 4) is 22.5 Å². The summed E-state index contributed by atoms with van der Waals surface area (Å²) in [6.07, 6.45) is 5.91. The van der Waals surface area contributed by atoms with Crippen molar-refractivity contribution in [2.45, 2.75) is 26.7 Å². The van der Waals surface area contributed by atoms with Crippen LogP contribution in [0.4, 0.5) is 0 Å². The molecule has 0 atom stereocenters. The van der Waals surface area contributed by atoms with Gasteiger partial charge in [0.1, 0.15) is 0 Å². The van der Waals surface area contributed by atoms with Crippen LogP contribution in [-0.4, -0.2) is 9.97 Å². The van der Waals surface area contributed by atoms with E-state index >= 15 is 0 Å². The highest BCUT2D eigenvalue weighted by Crippen LogP contribution is 2.21. The van der Waals surface area contributed by atoms with Gasteiger partial charge in [-0.15, -0.1) is 0 Å². The number of benzene rings is 2. The summed E-state index contributed by atoms with van der Waals surface area (Å²) < 4.78 is 0. The molecule has 2 nitrogen and oxygen atoms in total. The van der Waals surface area contributed by atoms with Gasteiger partial charge in [-0.05, 0) is 29.5 Å². The number of aryl methyl sites for hydroxylation is 2. The molecule has 0 aliphatic heterocycles. The van der Waals surface area contributed by atoms with Crippen molar-refractivity contribution >= 4 is 0 Å². The van der Waals surface area contributed by atoms with Crippen molar-refractivity contribution in [3.05, 3.63) is 72.1 Å². The summed E-state index contributed by atoms with van der Waals surface area (Å²) in [5, 5.41) is 0. The first-order chi connectivity index (χ1) is 10.8. The van der Waals surface area contributed by atoms with Gasteiger partial charge >= 0.3 is 0 Å². The lowest BCUT2D eigenvalue weighted by molar-refractivity contribution is 1.13. The summed E-state index contributed by atoms with van der Waals surface area (Å²) in [5.41, 5.74) is 5.94. The molecule has 0 N–H and O–H groups in total. The van der Waals surface area contributed by atoms with E-state index in [0.717, 1.165) is 35.4 Å². The van der Waals surface area contributed by atoms with Gasteiger partial charge in [0.15, 0.2) is 5.82 Å². The van der Waals surface area contributed by atoms with E-state index in [1.54, 1.807) is 0 Å². The van der Waals surface area contributed by atoms with E-state index in [9.17, 15) is 0 Å². The quantitative estimate of drug-likeness (QED) is 0.680. The van der Waals surface area contributed by atoms with Gasteiger partial charge < -0.3 is 0 Å². The van der Waals surface area contributed by atoms with E-state index in [2.05, 4.69) is 72.3 Å². The van der Waals surface area contributed by atoms with Crippen LogP contribution in [0.3, 0.4) is 0 Å². The zero-order valence-electron chi connectivity index (χ0n) is 13.1. The fourth-order valence-electron chi connectivity index (χ4n) is 2.45. The first kappa shape index (κ1) is 14.5. The molecule has 0 unspecified atom stereocenters. The topological polar surface area (TPSA) is 25.8 Å². The van der Waals surface area contributed by atoms with E-state index in [1.807, 2.05) is 12.4 Å². The van der Waals surface area contributed by atoms with Gasteiger partial charge in [-0.1, -0.05) is 62.4 Å². The first-order valence-electron chi connectivity index (χ1n) is 7.81. The molecule has 3 rings (SSSR count). The molecule has 1 aromatic heterocycles.